The Morgan fingerprint density at radius 2 is 1.92 bits per heavy atom. The summed E-state index contributed by atoms with van der Waals surface area (Å²) in [5, 5.41) is 3.22. The number of nitrogens with one attached hydrogen (secondary N) is 1. The van der Waals surface area contributed by atoms with Crippen molar-refractivity contribution in [1.29, 1.82) is 0 Å². The van der Waals surface area contributed by atoms with Gasteiger partial charge in [-0.15, -0.1) is 0 Å². The first-order chi connectivity index (χ1) is 12.1. The molecule has 1 fully saturated rings. The van der Waals surface area contributed by atoms with Gasteiger partial charge in [-0.25, -0.2) is 0 Å². The zero-order chi connectivity index (χ0) is 18.1. The van der Waals surface area contributed by atoms with E-state index in [-0.39, 0.29) is 11.8 Å². The van der Waals surface area contributed by atoms with E-state index < -0.39 is 0 Å². The third-order valence-corrected chi connectivity index (χ3v) is 5.91. The van der Waals surface area contributed by atoms with Crippen LogP contribution in [0.3, 0.4) is 0 Å². The van der Waals surface area contributed by atoms with E-state index in [2.05, 4.69) is 64.3 Å². The predicted octanol–water partition coefficient (Wildman–Crippen LogP) is 4.99. The number of amides is 1. The van der Waals surface area contributed by atoms with Crippen molar-refractivity contribution in [1.82, 2.24) is 10.2 Å². The molecule has 0 spiro atoms. The Morgan fingerprint density at radius 1 is 1.24 bits per heavy atom. The summed E-state index contributed by atoms with van der Waals surface area (Å²) in [6.07, 6.45) is 6.86. The van der Waals surface area contributed by atoms with Crippen LogP contribution in [0.4, 0.5) is 0 Å². The summed E-state index contributed by atoms with van der Waals surface area (Å²) in [5.74, 6) is 1.12. The molecule has 1 amide bonds. The van der Waals surface area contributed by atoms with Gasteiger partial charge in [-0.2, -0.15) is 0 Å². The minimum absolute atomic E-state index is 0.199. The minimum Gasteiger partial charge on any atom is -0.356 e. The molecule has 0 aliphatic carbocycles. The maximum Gasteiger partial charge on any atom is 0.223 e. The lowest BCUT2D eigenvalue weighted by atomic mass is 9.94. The van der Waals surface area contributed by atoms with Crippen molar-refractivity contribution in [3.05, 3.63) is 34.3 Å². The van der Waals surface area contributed by atoms with E-state index in [1.807, 2.05) is 0 Å². The summed E-state index contributed by atoms with van der Waals surface area (Å²) in [4.78, 5) is 14.9. The lowest BCUT2D eigenvalue weighted by Crippen LogP contribution is -2.41. The normalized spacial score (nSPS) is 17.4. The van der Waals surface area contributed by atoms with Crippen molar-refractivity contribution in [2.24, 2.45) is 11.8 Å². The predicted molar refractivity (Wildman–Crippen MR) is 108 cm³/mol. The Bertz CT molecular complexity index is 509. The van der Waals surface area contributed by atoms with Gasteiger partial charge in [0, 0.05) is 23.5 Å². The number of hydrogen-bond acceptors (Lipinski definition) is 2. The molecule has 0 saturated carbocycles. The fourth-order valence-corrected chi connectivity index (χ4v) is 3.80. The van der Waals surface area contributed by atoms with Crippen molar-refractivity contribution >= 4 is 21.8 Å². The van der Waals surface area contributed by atoms with Gasteiger partial charge in [0.25, 0.3) is 0 Å². The Morgan fingerprint density at radius 3 is 2.52 bits per heavy atom. The summed E-state index contributed by atoms with van der Waals surface area (Å²) in [6, 6.07) is 8.53. The summed E-state index contributed by atoms with van der Waals surface area (Å²) >= 11 is 3.48. The molecule has 0 bridgehead atoms. The highest BCUT2D eigenvalue weighted by Crippen LogP contribution is 2.20. The van der Waals surface area contributed by atoms with Gasteiger partial charge in [-0.1, -0.05) is 61.2 Å². The molecule has 2 rings (SSSR count). The van der Waals surface area contributed by atoms with Gasteiger partial charge in [0.2, 0.25) is 5.91 Å². The molecule has 3 nitrogen and oxygen atoms in total. The Labute approximate surface area is 161 Å². The monoisotopic (exact) mass is 408 g/mol. The van der Waals surface area contributed by atoms with Gasteiger partial charge in [-0.05, 0) is 56.0 Å². The number of carbonyl (C=O) groups is 1. The standard InChI is InChI=1S/C21H33BrN2O/c1-3-5-6-17(4-2)15-23-21(25)19-11-13-24(14-12-19)16-18-7-9-20(22)10-8-18/h7-10,17,19H,3-6,11-16H2,1-2H3,(H,23,25). The fourth-order valence-electron chi connectivity index (χ4n) is 3.53. The highest BCUT2D eigenvalue weighted by molar-refractivity contribution is 9.10. The van der Waals surface area contributed by atoms with Crippen LogP contribution in [-0.4, -0.2) is 30.4 Å². The van der Waals surface area contributed by atoms with E-state index in [1.165, 1.54) is 24.8 Å². The van der Waals surface area contributed by atoms with Crippen LogP contribution < -0.4 is 5.32 Å². The van der Waals surface area contributed by atoms with E-state index in [4.69, 9.17) is 0 Å². The number of likely N-dealkylation sites (tertiary alicyclic amines) is 1. The van der Waals surface area contributed by atoms with Crippen LogP contribution in [0.2, 0.25) is 0 Å². The molecule has 25 heavy (non-hydrogen) atoms. The zero-order valence-corrected chi connectivity index (χ0v) is 17.4. The first-order valence-electron chi connectivity index (χ1n) is 9.86. The molecular weight excluding hydrogens is 376 g/mol. The summed E-state index contributed by atoms with van der Waals surface area (Å²) in [5.41, 5.74) is 1.34. The number of piperidine rings is 1. The van der Waals surface area contributed by atoms with Crippen LogP contribution in [0.5, 0.6) is 0 Å². The maximum atomic E-state index is 12.5. The molecule has 1 atom stereocenters. The maximum absolute atomic E-state index is 12.5. The van der Waals surface area contributed by atoms with Crippen molar-refractivity contribution in [3.8, 4) is 0 Å². The van der Waals surface area contributed by atoms with Crippen molar-refractivity contribution in [2.45, 2.75) is 58.9 Å². The van der Waals surface area contributed by atoms with Gasteiger partial charge in [0.15, 0.2) is 0 Å². The van der Waals surface area contributed by atoms with Gasteiger partial charge in [-0.3, -0.25) is 9.69 Å². The Kier molecular flexibility index (Phi) is 8.97. The first-order valence-corrected chi connectivity index (χ1v) is 10.7. The highest BCUT2D eigenvalue weighted by Gasteiger charge is 2.25. The summed E-state index contributed by atoms with van der Waals surface area (Å²) in [6.45, 7) is 8.33. The van der Waals surface area contributed by atoms with Crippen LogP contribution in [0.25, 0.3) is 0 Å². The van der Waals surface area contributed by atoms with Crippen LogP contribution >= 0.6 is 15.9 Å². The molecule has 1 aromatic rings. The van der Waals surface area contributed by atoms with Gasteiger partial charge < -0.3 is 5.32 Å². The second kappa shape index (κ2) is 11.0. The fraction of sp³-hybridized carbons (Fsp3) is 0.667. The van der Waals surface area contributed by atoms with Crippen molar-refractivity contribution in [3.63, 3.8) is 0 Å². The van der Waals surface area contributed by atoms with E-state index >= 15 is 0 Å². The molecule has 140 valence electrons. The molecule has 1 N–H and O–H groups in total. The van der Waals surface area contributed by atoms with Crippen molar-refractivity contribution < 1.29 is 4.79 Å². The molecule has 0 radical (unpaired) electrons. The topological polar surface area (TPSA) is 32.3 Å². The number of halogens is 1. The molecule has 0 aromatic heterocycles. The number of benzene rings is 1. The molecule has 1 saturated heterocycles. The Hall–Kier alpha value is -0.870. The van der Waals surface area contributed by atoms with E-state index in [1.54, 1.807) is 0 Å². The number of carbonyl (C=O) groups excluding carboxylic acids is 1. The largest absolute Gasteiger partial charge is 0.356 e. The Balaban J connectivity index is 1.69. The lowest BCUT2D eigenvalue weighted by Gasteiger charge is -2.31. The number of hydrogen-bond donors (Lipinski definition) is 1. The first kappa shape index (κ1) is 20.4. The smallest absolute Gasteiger partial charge is 0.223 e. The average Bonchev–Trinajstić information content (AvgIpc) is 2.64. The van der Waals surface area contributed by atoms with Crippen molar-refractivity contribution in [2.75, 3.05) is 19.6 Å². The second-order valence-corrected chi connectivity index (χ2v) is 8.25. The SMILES string of the molecule is CCCCC(CC)CNC(=O)C1CCN(Cc2ccc(Br)cc2)CC1. The van der Waals surface area contributed by atoms with Crippen LogP contribution in [-0.2, 0) is 11.3 Å². The lowest BCUT2D eigenvalue weighted by molar-refractivity contribution is -0.126. The molecule has 1 aliphatic heterocycles. The van der Waals surface area contributed by atoms with E-state index in [9.17, 15) is 4.79 Å². The van der Waals surface area contributed by atoms with Gasteiger partial charge in [0.05, 0.1) is 0 Å². The summed E-state index contributed by atoms with van der Waals surface area (Å²) in [7, 11) is 0. The van der Waals surface area contributed by atoms with Gasteiger partial charge in [0.1, 0.15) is 0 Å². The van der Waals surface area contributed by atoms with E-state index in [0.29, 0.717) is 5.92 Å². The number of unbranched alkanes of at least 4 members (excludes halogenated alkanes) is 1. The average molecular weight is 409 g/mol. The van der Waals surface area contributed by atoms with Crippen LogP contribution in [0, 0.1) is 11.8 Å². The number of rotatable bonds is 9. The zero-order valence-electron chi connectivity index (χ0n) is 15.8. The van der Waals surface area contributed by atoms with Crippen LogP contribution in [0.15, 0.2) is 28.7 Å². The molecule has 1 aliphatic rings. The molecule has 1 aromatic carbocycles. The molecule has 1 unspecified atom stereocenters. The molecule has 1 heterocycles. The quantitative estimate of drug-likeness (QED) is 0.623. The van der Waals surface area contributed by atoms with E-state index in [0.717, 1.165) is 49.9 Å². The second-order valence-electron chi connectivity index (χ2n) is 7.34. The molecule has 4 heteroatoms. The molecular formula is C21H33BrN2O. The highest BCUT2D eigenvalue weighted by atomic mass is 79.9. The third kappa shape index (κ3) is 7.10. The number of nitrogens with zero attached hydrogens (tertiary/aromatic N) is 1. The third-order valence-electron chi connectivity index (χ3n) is 5.39. The summed E-state index contributed by atoms with van der Waals surface area (Å²) < 4.78 is 1.12. The minimum atomic E-state index is 0.199. The van der Waals surface area contributed by atoms with Crippen LogP contribution in [0.1, 0.15) is 57.9 Å². The van der Waals surface area contributed by atoms with Gasteiger partial charge >= 0.3 is 0 Å².